The summed E-state index contributed by atoms with van der Waals surface area (Å²) in [5.74, 6) is 0.156. The molecule has 0 atom stereocenters. The third-order valence-corrected chi connectivity index (χ3v) is 3.28. The van der Waals surface area contributed by atoms with Gasteiger partial charge in [0.15, 0.2) is 0 Å². The predicted molar refractivity (Wildman–Crippen MR) is 56.6 cm³/mol. The molecule has 0 spiro atoms. The smallest absolute Gasteiger partial charge is 0.225 e. The summed E-state index contributed by atoms with van der Waals surface area (Å²) >= 11 is 0. The lowest BCUT2D eigenvalue weighted by Crippen LogP contribution is -2.16. The van der Waals surface area contributed by atoms with Crippen LogP contribution in [0.15, 0.2) is 23.1 Å². The molecule has 0 amide bonds. The minimum absolute atomic E-state index is 0.156. The lowest BCUT2D eigenvalue weighted by Gasteiger charge is -2.12. The van der Waals surface area contributed by atoms with Crippen LogP contribution < -0.4 is 5.14 Å². The highest BCUT2D eigenvalue weighted by molar-refractivity contribution is 7.89. The standard InChI is InChI=1S/C10H15NO2S/c1-7(2)9-6-4-5-8(3)10(9)14(11,12)13/h4-7H,1-3H3,(H2,11,12,13). The number of hydrogen-bond acceptors (Lipinski definition) is 2. The summed E-state index contributed by atoms with van der Waals surface area (Å²) < 4.78 is 22.7. The first kappa shape index (κ1) is 11.2. The van der Waals surface area contributed by atoms with Crippen molar-refractivity contribution >= 4 is 10.0 Å². The maximum atomic E-state index is 11.4. The van der Waals surface area contributed by atoms with Gasteiger partial charge in [0.2, 0.25) is 10.0 Å². The van der Waals surface area contributed by atoms with Crippen molar-refractivity contribution in [2.45, 2.75) is 31.6 Å². The Morgan fingerprint density at radius 1 is 1.29 bits per heavy atom. The number of rotatable bonds is 2. The Hall–Kier alpha value is -0.870. The van der Waals surface area contributed by atoms with Crippen LogP contribution in [0.4, 0.5) is 0 Å². The van der Waals surface area contributed by atoms with Gasteiger partial charge in [0, 0.05) is 0 Å². The van der Waals surface area contributed by atoms with Crippen molar-refractivity contribution < 1.29 is 8.42 Å². The average molecular weight is 213 g/mol. The molecule has 0 aliphatic heterocycles. The van der Waals surface area contributed by atoms with Crippen molar-refractivity contribution in [1.82, 2.24) is 0 Å². The maximum absolute atomic E-state index is 11.4. The Labute approximate surface area is 85.0 Å². The fraction of sp³-hybridized carbons (Fsp3) is 0.400. The van der Waals surface area contributed by atoms with Gasteiger partial charge < -0.3 is 0 Å². The fourth-order valence-corrected chi connectivity index (χ4v) is 2.67. The summed E-state index contributed by atoms with van der Waals surface area (Å²) in [4.78, 5) is 0.273. The minimum Gasteiger partial charge on any atom is -0.225 e. The lowest BCUT2D eigenvalue weighted by atomic mass is 10.0. The molecule has 0 saturated heterocycles. The maximum Gasteiger partial charge on any atom is 0.238 e. The van der Waals surface area contributed by atoms with E-state index in [-0.39, 0.29) is 10.8 Å². The van der Waals surface area contributed by atoms with Crippen LogP contribution in [0.25, 0.3) is 0 Å². The third-order valence-electron chi connectivity index (χ3n) is 2.15. The van der Waals surface area contributed by atoms with Crippen LogP contribution in [0.1, 0.15) is 30.9 Å². The zero-order valence-electron chi connectivity index (χ0n) is 8.61. The number of hydrogen-bond donors (Lipinski definition) is 1. The molecule has 1 aromatic carbocycles. The molecule has 0 radical (unpaired) electrons. The summed E-state index contributed by atoms with van der Waals surface area (Å²) in [6, 6.07) is 5.41. The third kappa shape index (κ3) is 2.13. The number of aryl methyl sites for hydroxylation is 1. The van der Waals surface area contributed by atoms with Crippen molar-refractivity contribution in [3.05, 3.63) is 29.3 Å². The summed E-state index contributed by atoms with van der Waals surface area (Å²) in [5, 5.41) is 5.17. The van der Waals surface area contributed by atoms with Crippen LogP contribution in [-0.4, -0.2) is 8.42 Å². The zero-order valence-corrected chi connectivity index (χ0v) is 9.43. The van der Waals surface area contributed by atoms with Crippen molar-refractivity contribution in [2.75, 3.05) is 0 Å². The molecule has 4 heteroatoms. The molecule has 0 unspecified atom stereocenters. The van der Waals surface area contributed by atoms with Crippen LogP contribution >= 0.6 is 0 Å². The largest absolute Gasteiger partial charge is 0.238 e. The Bertz CT molecular complexity index is 435. The van der Waals surface area contributed by atoms with Crippen molar-refractivity contribution in [1.29, 1.82) is 0 Å². The second kappa shape index (κ2) is 3.71. The highest BCUT2D eigenvalue weighted by atomic mass is 32.2. The van der Waals surface area contributed by atoms with Crippen LogP contribution in [0.3, 0.4) is 0 Å². The first-order valence-corrected chi connectivity index (χ1v) is 6.01. The van der Waals surface area contributed by atoms with Crippen molar-refractivity contribution in [3.8, 4) is 0 Å². The molecule has 3 nitrogen and oxygen atoms in total. The molecule has 1 rings (SSSR count). The van der Waals surface area contributed by atoms with Gasteiger partial charge in [-0.2, -0.15) is 0 Å². The normalized spacial score (nSPS) is 12.1. The molecular formula is C10H15NO2S. The van der Waals surface area contributed by atoms with Crippen LogP contribution in [0, 0.1) is 6.92 Å². The predicted octanol–water partition coefficient (Wildman–Crippen LogP) is 1.77. The first-order chi connectivity index (χ1) is 6.34. The van der Waals surface area contributed by atoms with E-state index in [1.165, 1.54) is 0 Å². The van der Waals surface area contributed by atoms with Gasteiger partial charge in [0.05, 0.1) is 4.90 Å². The number of benzene rings is 1. The van der Waals surface area contributed by atoms with Crippen molar-refractivity contribution in [3.63, 3.8) is 0 Å². The second-order valence-corrected chi connectivity index (χ2v) is 5.19. The van der Waals surface area contributed by atoms with E-state index >= 15 is 0 Å². The van der Waals surface area contributed by atoms with E-state index in [4.69, 9.17) is 5.14 Å². The highest BCUT2D eigenvalue weighted by Crippen LogP contribution is 2.25. The van der Waals surface area contributed by atoms with Gasteiger partial charge in [0.1, 0.15) is 0 Å². The summed E-state index contributed by atoms with van der Waals surface area (Å²) in [6.07, 6.45) is 0. The van der Waals surface area contributed by atoms with Crippen molar-refractivity contribution in [2.24, 2.45) is 5.14 Å². The van der Waals surface area contributed by atoms with Crippen LogP contribution in [0.2, 0.25) is 0 Å². The fourth-order valence-electron chi connectivity index (χ4n) is 1.52. The molecule has 78 valence electrons. The van der Waals surface area contributed by atoms with Crippen LogP contribution in [0.5, 0.6) is 0 Å². The lowest BCUT2D eigenvalue weighted by molar-refractivity contribution is 0.594. The molecule has 2 N–H and O–H groups in total. The Kier molecular flexibility index (Phi) is 2.97. The van der Waals surface area contributed by atoms with Gasteiger partial charge in [-0.05, 0) is 24.0 Å². The van der Waals surface area contributed by atoms with E-state index in [1.54, 1.807) is 19.1 Å². The second-order valence-electron chi connectivity index (χ2n) is 3.69. The minimum atomic E-state index is -3.61. The summed E-state index contributed by atoms with van der Waals surface area (Å²) in [7, 11) is -3.61. The first-order valence-electron chi connectivity index (χ1n) is 4.46. The number of nitrogens with two attached hydrogens (primary N) is 1. The summed E-state index contributed by atoms with van der Waals surface area (Å²) in [6.45, 7) is 5.65. The molecule has 0 fully saturated rings. The van der Waals surface area contributed by atoms with E-state index in [1.807, 2.05) is 19.9 Å². The average Bonchev–Trinajstić information content (AvgIpc) is 2.01. The molecule has 0 saturated carbocycles. The molecular weight excluding hydrogens is 198 g/mol. The number of sulfonamides is 1. The molecule has 0 aromatic heterocycles. The van der Waals surface area contributed by atoms with Gasteiger partial charge in [-0.3, -0.25) is 0 Å². The van der Waals surface area contributed by atoms with Gasteiger partial charge in [-0.1, -0.05) is 32.0 Å². The SMILES string of the molecule is Cc1cccc(C(C)C)c1S(N)(=O)=O. The van der Waals surface area contributed by atoms with Gasteiger partial charge in [0.25, 0.3) is 0 Å². The molecule has 0 bridgehead atoms. The van der Waals surface area contributed by atoms with E-state index in [2.05, 4.69) is 0 Å². The van der Waals surface area contributed by atoms with E-state index in [9.17, 15) is 8.42 Å². The van der Waals surface area contributed by atoms with E-state index in [0.717, 1.165) is 5.56 Å². The molecule has 1 aromatic rings. The Morgan fingerprint density at radius 2 is 1.86 bits per heavy atom. The topological polar surface area (TPSA) is 60.2 Å². The monoisotopic (exact) mass is 213 g/mol. The highest BCUT2D eigenvalue weighted by Gasteiger charge is 2.17. The molecule has 0 aliphatic rings. The van der Waals surface area contributed by atoms with E-state index < -0.39 is 10.0 Å². The number of primary sulfonamides is 1. The van der Waals surface area contributed by atoms with Gasteiger partial charge in [-0.15, -0.1) is 0 Å². The molecule has 0 aliphatic carbocycles. The Balaban J connectivity index is 3.54. The van der Waals surface area contributed by atoms with Gasteiger partial charge in [-0.25, -0.2) is 13.6 Å². The zero-order chi connectivity index (χ0) is 10.9. The molecule has 0 heterocycles. The molecule has 14 heavy (non-hydrogen) atoms. The quantitative estimate of drug-likeness (QED) is 0.813. The summed E-state index contributed by atoms with van der Waals surface area (Å²) in [5.41, 5.74) is 1.49. The van der Waals surface area contributed by atoms with Crippen LogP contribution in [-0.2, 0) is 10.0 Å². The Morgan fingerprint density at radius 3 is 2.21 bits per heavy atom. The van der Waals surface area contributed by atoms with E-state index in [0.29, 0.717) is 5.56 Å². The van der Waals surface area contributed by atoms with Gasteiger partial charge >= 0.3 is 0 Å².